The second-order valence-corrected chi connectivity index (χ2v) is 4.36. The zero-order valence-electron chi connectivity index (χ0n) is 8.05. The summed E-state index contributed by atoms with van der Waals surface area (Å²) in [6.45, 7) is 1.82. The molecule has 1 aromatic rings. The van der Waals surface area contributed by atoms with Gasteiger partial charge in [-0.1, -0.05) is 6.07 Å². The number of rotatable bonds is 0. The first-order valence-electron chi connectivity index (χ1n) is 5.04. The van der Waals surface area contributed by atoms with Gasteiger partial charge in [0.1, 0.15) is 11.4 Å². The zero-order valence-corrected chi connectivity index (χ0v) is 8.05. The molecule has 1 fully saturated rings. The molecule has 0 aromatic heterocycles. The van der Waals surface area contributed by atoms with E-state index in [1.165, 1.54) is 12.8 Å². The van der Waals surface area contributed by atoms with Crippen molar-refractivity contribution in [3.05, 3.63) is 18.2 Å². The van der Waals surface area contributed by atoms with Crippen LogP contribution >= 0.6 is 0 Å². The maximum Gasteiger partial charge on any atom is 0.144 e. The van der Waals surface area contributed by atoms with Gasteiger partial charge in [-0.05, 0) is 25.0 Å². The Labute approximate surface area is 83.2 Å². The lowest BCUT2D eigenvalue weighted by molar-refractivity contribution is 0.251. The van der Waals surface area contributed by atoms with Crippen LogP contribution in [0, 0.1) is 5.41 Å². The van der Waals surface area contributed by atoms with Crippen LogP contribution in [-0.4, -0.2) is 13.2 Å². The molecular weight excluding hydrogens is 176 g/mol. The maximum absolute atomic E-state index is 5.88. The molecule has 74 valence electrons. The summed E-state index contributed by atoms with van der Waals surface area (Å²) < 4.78 is 5.76. The summed E-state index contributed by atoms with van der Waals surface area (Å²) >= 11 is 0. The number of para-hydroxylation sites is 1. The minimum Gasteiger partial charge on any atom is -0.491 e. The van der Waals surface area contributed by atoms with Gasteiger partial charge in [-0.2, -0.15) is 0 Å². The maximum atomic E-state index is 5.88. The van der Waals surface area contributed by atoms with E-state index in [-0.39, 0.29) is 0 Å². The van der Waals surface area contributed by atoms with Gasteiger partial charge in [0.25, 0.3) is 0 Å². The number of hydrogen-bond acceptors (Lipinski definition) is 3. The van der Waals surface area contributed by atoms with Crippen molar-refractivity contribution in [3.8, 4) is 5.75 Å². The quantitative estimate of drug-likeness (QED) is 0.614. The molecule has 0 saturated heterocycles. The molecule has 3 N–H and O–H groups in total. The molecule has 14 heavy (non-hydrogen) atoms. The molecule has 0 atom stereocenters. The van der Waals surface area contributed by atoms with Crippen molar-refractivity contribution in [3.63, 3.8) is 0 Å². The van der Waals surface area contributed by atoms with Gasteiger partial charge in [-0.3, -0.25) is 0 Å². The summed E-state index contributed by atoms with van der Waals surface area (Å²) in [5, 5.41) is 3.40. The fourth-order valence-electron chi connectivity index (χ4n) is 1.91. The van der Waals surface area contributed by atoms with Crippen LogP contribution in [0.3, 0.4) is 0 Å². The van der Waals surface area contributed by atoms with Crippen LogP contribution in [0.1, 0.15) is 12.8 Å². The van der Waals surface area contributed by atoms with Crippen LogP contribution in [0.5, 0.6) is 5.75 Å². The van der Waals surface area contributed by atoms with Gasteiger partial charge in [-0.25, -0.2) is 0 Å². The summed E-state index contributed by atoms with van der Waals surface area (Å²) in [5.41, 5.74) is 8.02. The highest BCUT2D eigenvalue weighted by molar-refractivity contribution is 5.73. The van der Waals surface area contributed by atoms with Crippen molar-refractivity contribution in [1.29, 1.82) is 0 Å². The number of fused-ring (bicyclic) bond motifs is 1. The Hall–Kier alpha value is -1.38. The van der Waals surface area contributed by atoms with E-state index < -0.39 is 0 Å². The molecule has 0 radical (unpaired) electrons. The summed E-state index contributed by atoms with van der Waals surface area (Å²) in [4.78, 5) is 0. The van der Waals surface area contributed by atoms with Gasteiger partial charge in [0, 0.05) is 12.0 Å². The summed E-state index contributed by atoms with van der Waals surface area (Å²) in [5.74, 6) is 0.897. The van der Waals surface area contributed by atoms with Crippen LogP contribution in [0.4, 0.5) is 11.4 Å². The summed E-state index contributed by atoms with van der Waals surface area (Å²) in [6.07, 6.45) is 2.54. The molecule has 3 nitrogen and oxygen atoms in total. The minimum atomic E-state index is 0.394. The highest BCUT2D eigenvalue weighted by Gasteiger charge is 2.44. The van der Waals surface area contributed by atoms with Crippen molar-refractivity contribution in [2.45, 2.75) is 12.8 Å². The van der Waals surface area contributed by atoms with E-state index in [0.717, 1.165) is 30.3 Å². The lowest BCUT2D eigenvalue weighted by Crippen LogP contribution is -2.18. The first-order chi connectivity index (χ1) is 6.79. The molecular formula is C11H14N2O. The third kappa shape index (κ3) is 1.12. The first kappa shape index (κ1) is 7.97. The predicted octanol–water partition coefficient (Wildman–Crippen LogP) is 1.85. The number of nitrogens with two attached hydrogens (primary N) is 1. The molecule has 2 aliphatic rings. The zero-order chi connectivity index (χ0) is 9.60. The lowest BCUT2D eigenvalue weighted by atomic mass is 10.1. The monoisotopic (exact) mass is 190 g/mol. The van der Waals surface area contributed by atoms with E-state index in [4.69, 9.17) is 10.5 Å². The second kappa shape index (κ2) is 2.56. The Bertz CT molecular complexity index is 372. The third-order valence-corrected chi connectivity index (χ3v) is 3.19. The molecule has 1 heterocycles. The fourth-order valence-corrected chi connectivity index (χ4v) is 1.91. The Morgan fingerprint density at radius 3 is 3.00 bits per heavy atom. The molecule has 0 unspecified atom stereocenters. The van der Waals surface area contributed by atoms with Crippen LogP contribution in [0.15, 0.2) is 18.2 Å². The smallest absolute Gasteiger partial charge is 0.144 e. The van der Waals surface area contributed by atoms with E-state index in [9.17, 15) is 0 Å². The summed E-state index contributed by atoms with van der Waals surface area (Å²) in [7, 11) is 0. The van der Waals surface area contributed by atoms with Gasteiger partial charge in [0.05, 0.1) is 12.3 Å². The molecule has 1 aliphatic heterocycles. The topological polar surface area (TPSA) is 47.3 Å². The highest BCUT2D eigenvalue weighted by Crippen LogP contribution is 2.48. The predicted molar refractivity (Wildman–Crippen MR) is 56.5 cm³/mol. The Kier molecular flexibility index (Phi) is 1.46. The van der Waals surface area contributed by atoms with Crippen LogP contribution < -0.4 is 15.8 Å². The van der Waals surface area contributed by atoms with E-state index >= 15 is 0 Å². The van der Waals surface area contributed by atoms with E-state index in [2.05, 4.69) is 5.32 Å². The molecule has 3 heteroatoms. The molecule has 3 rings (SSSR count). The van der Waals surface area contributed by atoms with Crippen LogP contribution in [0.25, 0.3) is 0 Å². The largest absolute Gasteiger partial charge is 0.491 e. The number of benzene rings is 1. The van der Waals surface area contributed by atoms with Crippen molar-refractivity contribution in [2.24, 2.45) is 5.41 Å². The van der Waals surface area contributed by atoms with Gasteiger partial charge in [-0.15, -0.1) is 0 Å². The van der Waals surface area contributed by atoms with Gasteiger partial charge >= 0.3 is 0 Å². The van der Waals surface area contributed by atoms with Crippen molar-refractivity contribution < 1.29 is 4.74 Å². The number of nitrogens with one attached hydrogen (secondary N) is 1. The summed E-state index contributed by atoms with van der Waals surface area (Å²) in [6, 6.07) is 5.81. The van der Waals surface area contributed by atoms with E-state index in [1.807, 2.05) is 18.2 Å². The van der Waals surface area contributed by atoms with Gasteiger partial charge in [0.15, 0.2) is 0 Å². The number of nitrogen functional groups attached to an aromatic ring is 1. The van der Waals surface area contributed by atoms with Crippen LogP contribution in [0.2, 0.25) is 0 Å². The standard InChI is InChI=1S/C11H14N2O/c12-8-2-1-3-9-10(8)13-6-11(4-5-11)7-14-9/h1-3,13H,4-7,12H2. The number of ether oxygens (including phenoxy) is 1. The minimum absolute atomic E-state index is 0.394. The molecule has 1 saturated carbocycles. The SMILES string of the molecule is Nc1cccc2c1NCC1(CC1)CO2. The van der Waals surface area contributed by atoms with Crippen molar-refractivity contribution >= 4 is 11.4 Å². The Balaban J connectivity index is 1.96. The lowest BCUT2D eigenvalue weighted by Gasteiger charge is -2.09. The van der Waals surface area contributed by atoms with Crippen molar-refractivity contribution in [2.75, 3.05) is 24.2 Å². The van der Waals surface area contributed by atoms with Gasteiger partial charge in [0.2, 0.25) is 0 Å². The molecule has 1 spiro atoms. The average molecular weight is 190 g/mol. The molecule has 0 bridgehead atoms. The fraction of sp³-hybridized carbons (Fsp3) is 0.455. The Morgan fingerprint density at radius 2 is 2.21 bits per heavy atom. The van der Waals surface area contributed by atoms with Crippen LogP contribution in [-0.2, 0) is 0 Å². The van der Waals surface area contributed by atoms with E-state index in [0.29, 0.717) is 5.41 Å². The second-order valence-electron chi connectivity index (χ2n) is 4.36. The number of anilines is 2. The average Bonchev–Trinajstić information content (AvgIpc) is 2.96. The normalized spacial score (nSPS) is 21.7. The molecule has 1 aromatic carbocycles. The molecule has 1 aliphatic carbocycles. The van der Waals surface area contributed by atoms with E-state index in [1.54, 1.807) is 0 Å². The molecule has 0 amide bonds. The number of hydrogen-bond donors (Lipinski definition) is 2. The van der Waals surface area contributed by atoms with Crippen molar-refractivity contribution in [1.82, 2.24) is 0 Å². The highest BCUT2D eigenvalue weighted by atomic mass is 16.5. The third-order valence-electron chi connectivity index (χ3n) is 3.19. The first-order valence-corrected chi connectivity index (χ1v) is 5.04. The Morgan fingerprint density at radius 1 is 1.36 bits per heavy atom. The van der Waals surface area contributed by atoms with Gasteiger partial charge < -0.3 is 15.8 Å².